The molecule has 0 aromatic heterocycles. The van der Waals surface area contributed by atoms with Crippen molar-refractivity contribution in [1.82, 2.24) is 0 Å². The van der Waals surface area contributed by atoms with Crippen LogP contribution in [0.1, 0.15) is 94.5 Å². The van der Waals surface area contributed by atoms with Gasteiger partial charge in [0.15, 0.2) is 0 Å². The van der Waals surface area contributed by atoms with E-state index in [4.69, 9.17) is 0 Å². The van der Waals surface area contributed by atoms with Gasteiger partial charge in [-0.05, 0) is 172 Å². The SMILES string of the molecule is CCN(CC)c1ccc2c(c1)C(Cc1ccc(C)cc1)(Cc1ccc(C)cc1)c1ccccc1-2.CCN(CC)c1ccc2c(c1)C(Cc1cccc(C)c1)(Cc1cccc(C)c1)c1ccccc1-2. The minimum absolute atomic E-state index is 0.0976. The van der Waals surface area contributed by atoms with Crippen molar-refractivity contribution in [1.29, 1.82) is 0 Å². The van der Waals surface area contributed by atoms with Gasteiger partial charge in [-0.25, -0.2) is 0 Å². The summed E-state index contributed by atoms with van der Waals surface area (Å²) in [7, 11) is 0. The molecule has 0 fully saturated rings. The Hall–Kier alpha value is -6.64. The van der Waals surface area contributed by atoms with Gasteiger partial charge in [-0.15, -0.1) is 0 Å². The number of hydrogen-bond acceptors (Lipinski definition) is 2. The van der Waals surface area contributed by atoms with Gasteiger partial charge in [0.05, 0.1) is 0 Å². The summed E-state index contributed by atoms with van der Waals surface area (Å²) in [5, 5.41) is 0. The van der Waals surface area contributed by atoms with Crippen molar-refractivity contribution in [3.63, 3.8) is 0 Å². The molecule has 0 saturated heterocycles. The number of aryl methyl sites for hydroxylation is 4. The number of fused-ring (bicyclic) bond motifs is 6. The summed E-state index contributed by atoms with van der Waals surface area (Å²) in [6, 6.07) is 69.0. The Morgan fingerprint density at radius 3 is 1.01 bits per heavy atom. The second kappa shape index (κ2) is 19.9. The summed E-state index contributed by atoms with van der Waals surface area (Å²) in [6.45, 7) is 21.8. The van der Waals surface area contributed by atoms with Gasteiger partial charge in [0.25, 0.3) is 0 Å². The van der Waals surface area contributed by atoms with Crippen molar-refractivity contribution in [2.45, 2.75) is 91.9 Å². The Kier molecular flexibility index (Phi) is 13.6. The third kappa shape index (κ3) is 9.06. The Labute approximate surface area is 408 Å². The van der Waals surface area contributed by atoms with E-state index in [-0.39, 0.29) is 10.8 Å². The van der Waals surface area contributed by atoms with Gasteiger partial charge in [0, 0.05) is 48.4 Å². The lowest BCUT2D eigenvalue weighted by molar-refractivity contribution is 0.519. The van der Waals surface area contributed by atoms with E-state index >= 15 is 0 Å². The van der Waals surface area contributed by atoms with E-state index in [1.54, 1.807) is 0 Å². The molecule has 0 heterocycles. The quantitative estimate of drug-likeness (QED) is 0.107. The third-order valence-corrected chi connectivity index (χ3v) is 15.2. The van der Waals surface area contributed by atoms with Crippen LogP contribution in [0, 0.1) is 27.7 Å². The van der Waals surface area contributed by atoms with Crippen LogP contribution in [0.15, 0.2) is 182 Å². The molecule has 68 heavy (non-hydrogen) atoms. The molecule has 0 amide bonds. The molecule has 0 N–H and O–H groups in total. The van der Waals surface area contributed by atoms with Crippen LogP contribution < -0.4 is 9.80 Å². The first-order valence-electron chi connectivity index (χ1n) is 25.3. The molecule has 8 aromatic carbocycles. The zero-order valence-electron chi connectivity index (χ0n) is 41.9. The van der Waals surface area contributed by atoms with Crippen molar-refractivity contribution < 1.29 is 0 Å². The van der Waals surface area contributed by atoms with Crippen molar-refractivity contribution in [3.8, 4) is 22.3 Å². The van der Waals surface area contributed by atoms with Crippen LogP contribution in [0.2, 0.25) is 0 Å². The average molecular weight is 891 g/mol. The standard InChI is InChI=1S/2C33H35N/c1-5-34(6-2)28-17-18-30-29-15-7-8-16-31(29)33(32(30)21-28,22-26-13-9-11-24(3)19-26)23-27-14-10-12-25(4)20-27;1-5-34(6-2)28-19-20-30-29-9-7-8-10-31(29)33(32(30)21-28,22-26-15-11-24(3)12-16-26)23-27-17-13-25(4)14-18-27/h2*7-21H,5-6,22-23H2,1-4H3. The fraction of sp³-hybridized carbons (Fsp3) is 0.273. The van der Waals surface area contributed by atoms with Crippen LogP contribution in [-0.2, 0) is 36.5 Å². The van der Waals surface area contributed by atoms with Crippen LogP contribution >= 0.6 is 0 Å². The monoisotopic (exact) mass is 891 g/mol. The lowest BCUT2D eigenvalue weighted by atomic mass is 9.69. The molecule has 8 aromatic rings. The van der Waals surface area contributed by atoms with Crippen LogP contribution in [0.5, 0.6) is 0 Å². The van der Waals surface area contributed by atoms with Gasteiger partial charge >= 0.3 is 0 Å². The molecule has 0 unspecified atom stereocenters. The highest BCUT2D eigenvalue weighted by Gasteiger charge is 2.45. The Morgan fingerprint density at radius 2 is 0.647 bits per heavy atom. The van der Waals surface area contributed by atoms with Gasteiger partial charge in [-0.3, -0.25) is 0 Å². The summed E-state index contributed by atoms with van der Waals surface area (Å²) in [5.74, 6) is 0. The number of nitrogens with zero attached hydrogens (tertiary/aromatic N) is 2. The van der Waals surface area contributed by atoms with Crippen LogP contribution in [-0.4, -0.2) is 26.2 Å². The second-order valence-corrected chi connectivity index (χ2v) is 19.7. The maximum atomic E-state index is 2.49. The molecule has 0 atom stereocenters. The molecule has 10 rings (SSSR count). The maximum Gasteiger partial charge on any atom is 0.0369 e. The molecular weight excluding hydrogens is 821 g/mol. The number of hydrogen-bond donors (Lipinski definition) is 0. The van der Waals surface area contributed by atoms with Crippen LogP contribution in [0.4, 0.5) is 11.4 Å². The predicted octanol–water partition coefficient (Wildman–Crippen LogP) is 15.8. The van der Waals surface area contributed by atoms with E-state index in [0.29, 0.717) is 0 Å². The van der Waals surface area contributed by atoms with Crippen LogP contribution in [0.3, 0.4) is 0 Å². The fourth-order valence-electron chi connectivity index (χ4n) is 11.8. The average Bonchev–Trinajstić information content (AvgIpc) is 3.76. The van der Waals surface area contributed by atoms with E-state index in [2.05, 4.69) is 247 Å². The first-order chi connectivity index (χ1) is 33.1. The topological polar surface area (TPSA) is 6.48 Å². The smallest absolute Gasteiger partial charge is 0.0369 e. The zero-order chi connectivity index (χ0) is 47.4. The fourth-order valence-corrected chi connectivity index (χ4v) is 11.8. The van der Waals surface area contributed by atoms with Gasteiger partial charge in [0.1, 0.15) is 0 Å². The molecule has 0 bridgehead atoms. The highest BCUT2D eigenvalue weighted by molar-refractivity contribution is 5.85. The molecule has 2 nitrogen and oxygen atoms in total. The second-order valence-electron chi connectivity index (χ2n) is 19.7. The molecule has 2 heteroatoms. The molecule has 2 aliphatic carbocycles. The Morgan fingerprint density at radius 1 is 0.294 bits per heavy atom. The molecular formula is C66H70N2. The largest absolute Gasteiger partial charge is 0.372 e. The zero-order valence-corrected chi connectivity index (χ0v) is 41.9. The maximum absolute atomic E-state index is 2.49. The van der Waals surface area contributed by atoms with E-state index in [1.165, 1.54) is 100 Å². The van der Waals surface area contributed by atoms with Crippen molar-refractivity contribution in [2.24, 2.45) is 0 Å². The first kappa shape index (κ1) is 46.5. The van der Waals surface area contributed by atoms with Crippen molar-refractivity contribution in [3.05, 3.63) is 249 Å². The number of benzene rings is 8. The summed E-state index contributed by atoms with van der Waals surface area (Å²) in [6.07, 6.45) is 3.97. The van der Waals surface area contributed by atoms with Gasteiger partial charge in [0.2, 0.25) is 0 Å². The minimum atomic E-state index is -0.101. The lowest BCUT2D eigenvalue weighted by Crippen LogP contribution is -2.32. The lowest BCUT2D eigenvalue weighted by Gasteiger charge is -2.34. The van der Waals surface area contributed by atoms with Crippen molar-refractivity contribution in [2.75, 3.05) is 36.0 Å². The summed E-state index contributed by atoms with van der Waals surface area (Å²) < 4.78 is 0. The Balaban J connectivity index is 0.000000170. The van der Waals surface area contributed by atoms with Gasteiger partial charge in [-0.2, -0.15) is 0 Å². The molecule has 0 spiro atoms. The molecule has 0 aliphatic heterocycles. The number of rotatable bonds is 14. The van der Waals surface area contributed by atoms with Gasteiger partial charge < -0.3 is 9.80 Å². The molecule has 0 saturated carbocycles. The normalized spacial score (nSPS) is 13.4. The Bertz CT molecular complexity index is 2910. The summed E-state index contributed by atoms with van der Waals surface area (Å²) >= 11 is 0. The third-order valence-electron chi connectivity index (χ3n) is 15.2. The molecule has 344 valence electrons. The van der Waals surface area contributed by atoms with E-state index < -0.39 is 0 Å². The molecule has 2 aliphatic rings. The first-order valence-corrected chi connectivity index (χ1v) is 25.3. The number of anilines is 2. The highest BCUT2D eigenvalue weighted by Crippen LogP contribution is 2.55. The van der Waals surface area contributed by atoms with E-state index in [0.717, 1.165) is 51.9 Å². The molecule has 0 radical (unpaired) electrons. The van der Waals surface area contributed by atoms with Gasteiger partial charge in [-0.1, -0.05) is 180 Å². The van der Waals surface area contributed by atoms with Crippen LogP contribution in [0.25, 0.3) is 22.3 Å². The predicted molar refractivity (Wildman–Crippen MR) is 292 cm³/mol. The highest BCUT2D eigenvalue weighted by atomic mass is 15.1. The summed E-state index contributed by atoms with van der Waals surface area (Å²) in [5.41, 5.74) is 24.8. The minimum Gasteiger partial charge on any atom is -0.372 e. The summed E-state index contributed by atoms with van der Waals surface area (Å²) in [4.78, 5) is 4.93. The van der Waals surface area contributed by atoms with E-state index in [9.17, 15) is 0 Å². The van der Waals surface area contributed by atoms with Crippen molar-refractivity contribution >= 4 is 11.4 Å². The van der Waals surface area contributed by atoms with E-state index in [1.807, 2.05) is 0 Å².